The van der Waals surface area contributed by atoms with Crippen molar-refractivity contribution in [3.8, 4) is 0 Å². The fourth-order valence-electron chi connectivity index (χ4n) is 3.21. The second kappa shape index (κ2) is 7.38. The number of benzene rings is 1. The van der Waals surface area contributed by atoms with Crippen molar-refractivity contribution >= 4 is 52.9 Å². The van der Waals surface area contributed by atoms with Crippen LogP contribution in [-0.4, -0.2) is 34.3 Å². The van der Waals surface area contributed by atoms with Gasteiger partial charge in [-0.05, 0) is 37.6 Å². The van der Waals surface area contributed by atoms with Crippen molar-refractivity contribution in [2.45, 2.75) is 18.3 Å². The molecule has 1 saturated heterocycles. The van der Waals surface area contributed by atoms with Crippen molar-refractivity contribution in [1.29, 1.82) is 0 Å². The first-order valence-electron chi connectivity index (χ1n) is 6.31. The van der Waals surface area contributed by atoms with E-state index in [1.54, 1.807) is 4.31 Å². The van der Waals surface area contributed by atoms with E-state index >= 15 is 0 Å². The Morgan fingerprint density at radius 1 is 1.10 bits per heavy atom. The molecule has 0 atom stereocenters. The Labute approximate surface area is 145 Å². The summed E-state index contributed by atoms with van der Waals surface area (Å²) in [4.78, 5) is 0. The summed E-state index contributed by atoms with van der Waals surface area (Å²) in [5.74, 6) is 0. The van der Waals surface area contributed by atoms with E-state index in [9.17, 15) is 8.42 Å². The number of halogens is 3. The molecule has 2 heterocycles. The quantitative estimate of drug-likeness (QED) is 0.819. The first-order chi connectivity index (χ1) is 8.53. The van der Waals surface area contributed by atoms with E-state index in [2.05, 4.69) is 11.4 Å². The number of hydrogen-bond acceptors (Lipinski definition) is 3. The summed E-state index contributed by atoms with van der Waals surface area (Å²) in [5, 5.41) is 3.35. The van der Waals surface area contributed by atoms with E-state index in [0.717, 1.165) is 31.6 Å². The minimum atomic E-state index is -3.18. The van der Waals surface area contributed by atoms with Crippen molar-refractivity contribution in [3.05, 3.63) is 29.8 Å². The number of nitrogens with one attached hydrogen (secondary N) is 1. The van der Waals surface area contributed by atoms with Crippen LogP contribution in [0.25, 0.3) is 0 Å². The van der Waals surface area contributed by atoms with Crippen molar-refractivity contribution < 1.29 is 8.42 Å². The molecule has 0 aliphatic carbocycles. The highest BCUT2D eigenvalue weighted by atomic mass is 35.5. The molecule has 0 aromatic heterocycles. The number of nitrogens with zero attached hydrogens (tertiary/aromatic N) is 1. The SMILES string of the molecule is CS(=O)(=O)N1CC2(CCNCC2)c2ccccc21.Cl.Cl.Cl. The number of piperidine rings is 1. The summed E-state index contributed by atoms with van der Waals surface area (Å²) >= 11 is 0. The molecule has 0 saturated carbocycles. The molecule has 0 bridgehead atoms. The second-order valence-corrected chi connectivity index (χ2v) is 7.22. The Bertz CT molecular complexity index is 575. The van der Waals surface area contributed by atoms with Crippen LogP contribution in [-0.2, 0) is 15.4 Å². The highest BCUT2D eigenvalue weighted by molar-refractivity contribution is 7.92. The maximum atomic E-state index is 11.9. The average Bonchev–Trinajstić information content (AvgIpc) is 2.66. The lowest BCUT2D eigenvalue weighted by Crippen LogP contribution is -2.44. The fraction of sp³-hybridized carbons (Fsp3) is 0.538. The number of anilines is 1. The van der Waals surface area contributed by atoms with Crippen LogP contribution in [0, 0.1) is 0 Å². The van der Waals surface area contributed by atoms with Crippen LogP contribution < -0.4 is 9.62 Å². The number of fused-ring (bicyclic) bond motifs is 2. The highest BCUT2D eigenvalue weighted by Gasteiger charge is 2.45. The molecule has 0 unspecified atom stereocenters. The first kappa shape index (κ1) is 20.8. The van der Waals surface area contributed by atoms with Crippen molar-refractivity contribution in [2.24, 2.45) is 0 Å². The summed E-state index contributed by atoms with van der Waals surface area (Å²) in [7, 11) is -3.18. The lowest BCUT2D eigenvalue weighted by molar-refractivity contribution is 0.330. The van der Waals surface area contributed by atoms with Crippen molar-refractivity contribution in [1.82, 2.24) is 5.32 Å². The summed E-state index contributed by atoms with van der Waals surface area (Å²) in [6.07, 6.45) is 3.32. The molecular formula is C13H21Cl3N2O2S. The van der Waals surface area contributed by atoms with Crippen LogP contribution in [0.1, 0.15) is 18.4 Å². The van der Waals surface area contributed by atoms with Gasteiger partial charge in [0.1, 0.15) is 0 Å². The van der Waals surface area contributed by atoms with Gasteiger partial charge >= 0.3 is 0 Å². The second-order valence-electron chi connectivity index (χ2n) is 5.32. The molecule has 8 heteroatoms. The third-order valence-corrected chi connectivity index (χ3v) is 5.28. The van der Waals surface area contributed by atoms with E-state index in [1.165, 1.54) is 11.8 Å². The monoisotopic (exact) mass is 374 g/mol. The molecule has 2 aliphatic rings. The number of rotatable bonds is 1. The van der Waals surface area contributed by atoms with Gasteiger partial charge in [-0.25, -0.2) is 8.42 Å². The highest BCUT2D eigenvalue weighted by Crippen LogP contribution is 2.46. The Morgan fingerprint density at radius 2 is 1.67 bits per heavy atom. The summed E-state index contributed by atoms with van der Waals surface area (Å²) in [6, 6.07) is 7.94. The number of para-hydroxylation sites is 1. The Balaban J connectivity index is 0.00000133. The number of sulfonamides is 1. The minimum absolute atomic E-state index is 0. The predicted octanol–water partition coefficient (Wildman–Crippen LogP) is 2.35. The number of hydrogen-bond donors (Lipinski definition) is 1. The van der Waals surface area contributed by atoms with Gasteiger partial charge in [0.15, 0.2) is 0 Å². The van der Waals surface area contributed by atoms with Crippen LogP contribution in [0.5, 0.6) is 0 Å². The largest absolute Gasteiger partial charge is 0.317 e. The lowest BCUT2D eigenvalue weighted by Gasteiger charge is -2.34. The lowest BCUT2D eigenvalue weighted by atomic mass is 9.75. The zero-order valence-electron chi connectivity index (χ0n) is 11.7. The molecule has 1 N–H and O–H groups in total. The molecule has 0 amide bonds. The summed E-state index contributed by atoms with van der Waals surface area (Å²) < 4.78 is 25.4. The fourth-order valence-corrected chi connectivity index (χ4v) is 4.21. The Morgan fingerprint density at radius 3 is 2.24 bits per heavy atom. The van der Waals surface area contributed by atoms with Crippen LogP contribution in [0.15, 0.2) is 24.3 Å². The third-order valence-electron chi connectivity index (χ3n) is 4.15. The van der Waals surface area contributed by atoms with Crippen LogP contribution in [0.2, 0.25) is 0 Å². The van der Waals surface area contributed by atoms with Crippen LogP contribution >= 0.6 is 37.2 Å². The molecule has 1 spiro atoms. The normalized spacial score (nSPS) is 19.0. The molecule has 4 nitrogen and oxygen atoms in total. The first-order valence-corrected chi connectivity index (χ1v) is 8.16. The van der Waals surface area contributed by atoms with Crippen molar-refractivity contribution in [3.63, 3.8) is 0 Å². The van der Waals surface area contributed by atoms with Gasteiger partial charge in [0.2, 0.25) is 10.0 Å². The van der Waals surface area contributed by atoms with Gasteiger partial charge in [0, 0.05) is 12.0 Å². The van der Waals surface area contributed by atoms with E-state index in [-0.39, 0.29) is 42.6 Å². The molecule has 122 valence electrons. The topological polar surface area (TPSA) is 49.4 Å². The molecule has 1 aromatic rings. The van der Waals surface area contributed by atoms with Gasteiger partial charge in [0.05, 0.1) is 11.9 Å². The van der Waals surface area contributed by atoms with Crippen LogP contribution in [0.3, 0.4) is 0 Å². The van der Waals surface area contributed by atoms with E-state index in [0.29, 0.717) is 6.54 Å². The maximum Gasteiger partial charge on any atom is 0.232 e. The van der Waals surface area contributed by atoms with Gasteiger partial charge in [-0.15, -0.1) is 37.2 Å². The Kier molecular flexibility index (Phi) is 7.31. The smallest absolute Gasteiger partial charge is 0.232 e. The third kappa shape index (κ3) is 3.59. The average molecular weight is 376 g/mol. The van der Waals surface area contributed by atoms with E-state index < -0.39 is 10.0 Å². The molecule has 2 aliphatic heterocycles. The maximum absolute atomic E-state index is 11.9. The zero-order chi connectivity index (χ0) is 12.8. The molecule has 21 heavy (non-hydrogen) atoms. The van der Waals surface area contributed by atoms with Gasteiger partial charge < -0.3 is 5.32 Å². The van der Waals surface area contributed by atoms with E-state index in [1.807, 2.05) is 18.2 Å². The van der Waals surface area contributed by atoms with E-state index in [4.69, 9.17) is 0 Å². The van der Waals surface area contributed by atoms with Crippen molar-refractivity contribution in [2.75, 3.05) is 30.2 Å². The van der Waals surface area contributed by atoms with Gasteiger partial charge in [-0.2, -0.15) is 0 Å². The molecular weight excluding hydrogens is 355 g/mol. The molecule has 3 rings (SSSR count). The van der Waals surface area contributed by atoms with Crippen LogP contribution in [0.4, 0.5) is 5.69 Å². The molecule has 1 aromatic carbocycles. The minimum Gasteiger partial charge on any atom is -0.317 e. The summed E-state index contributed by atoms with van der Waals surface area (Å²) in [6.45, 7) is 2.53. The molecule has 0 radical (unpaired) electrons. The Hall–Kier alpha value is -0.200. The summed E-state index contributed by atoms with van der Waals surface area (Å²) in [5.41, 5.74) is 2.10. The van der Waals surface area contributed by atoms with Gasteiger partial charge in [-0.1, -0.05) is 18.2 Å². The van der Waals surface area contributed by atoms with Gasteiger partial charge in [0.25, 0.3) is 0 Å². The molecule has 1 fully saturated rings. The zero-order valence-corrected chi connectivity index (χ0v) is 15.0. The predicted molar refractivity (Wildman–Crippen MR) is 94.2 cm³/mol. The standard InChI is InChI=1S/C13H18N2O2S.3ClH/c1-18(16,17)15-10-13(6-8-14-9-7-13)11-4-2-3-5-12(11)15;;;/h2-5,14H,6-10H2,1H3;3*1H. The van der Waals surface area contributed by atoms with Gasteiger partial charge in [-0.3, -0.25) is 4.31 Å².